The minimum atomic E-state index is -4.06. The third-order valence-electron chi connectivity index (χ3n) is 9.23. The van der Waals surface area contributed by atoms with Gasteiger partial charge in [-0.05, 0) is 94.0 Å². The molecule has 5 rings (SSSR count). The van der Waals surface area contributed by atoms with Crippen LogP contribution in [0, 0.1) is 26.7 Å². The van der Waals surface area contributed by atoms with Gasteiger partial charge in [0.15, 0.2) is 0 Å². The maximum absolute atomic E-state index is 14.3. The molecule has 1 fully saturated rings. The van der Waals surface area contributed by atoms with Crippen molar-refractivity contribution >= 4 is 30.1 Å². The molecule has 10 nitrogen and oxygen atoms in total. The van der Waals surface area contributed by atoms with E-state index in [1.54, 1.807) is 79.9 Å². The zero-order valence-corrected chi connectivity index (χ0v) is 32.1. The van der Waals surface area contributed by atoms with E-state index < -0.39 is 36.0 Å². The van der Waals surface area contributed by atoms with Gasteiger partial charge >= 0.3 is 0 Å². The Balaban J connectivity index is 1.59. The molecule has 0 bridgehead atoms. The lowest BCUT2D eigenvalue weighted by atomic mass is 9.98. The Kier molecular flexibility index (Phi) is 12.4. The minimum Gasteiger partial charge on any atom is -0.496 e. The van der Waals surface area contributed by atoms with Gasteiger partial charge in [-0.1, -0.05) is 71.3 Å². The summed E-state index contributed by atoms with van der Waals surface area (Å²) in [6.07, 6.45) is 0.823. The van der Waals surface area contributed by atoms with Crippen LogP contribution in [-0.4, -0.2) is 84.5 Å². The zero-order valence-electron chi connectivity index (χ0n) is 29.6. The first-order chi connectivity index (χ1) is 24.2. The summed E-state index contributed by atoms with van der Waals surface area (Å²) in [6, 6.07) is 27.3. The smallest absolute Gasteiger partial charge is 0.243 e. The topological polar surface area (TPSA) is 121 Å². The monoisotopic (exact) mass is 753 g/mol. The molecule has 1 heterocycles. The van der Waals surface area contributed by atoms with Crippen LogP contribution in [-0.2, 0) is 36.5 Å². The molecule has 4 aromatic carbocycles. The molecule has 0 spiro atoms. The quantitative estimate of drug-likeness (QED) is 0.217. The molecule has 274 valence electrons. The second-order valence-corrected chi connectivity index (χ2v) is 19.0. The summed E-state index contributed by atoms with van der Waals surface area (Å²) < 4.78 is 95.0. The molecule has 51 heavy (non-hydrogen) atoms. The van der Waals surface area contributed by atoms with Crippen molar-refractivity contribution in [1.29, 1.82) is 0 Å². The fourth-order valence-electron chi connectivity index (χ4n) is 6.34. The summed E-state index contributed by atoms with van der Waals surface area (Å²) in [5.74, 6) is 0.148. The third kappa shape index (κ3) is 9.26. The molecule has 0 radical (unpaired) electrons. The number of ether oxygens (including phenoxy) is 1. The van der Waals surface area contributed by atoms with Crippen molar-refractivity contribution in [2.24, 2.45) is 5.92 Å². The Labute approximate surface area is 303 Å². The van der Waals surface area contributed by atoms with Crippen LogP contribution in [0.15, 0.2) is 112 Å². The SMILES string of the molecule is COc1ccccc1CC1CN(S(=O)(=O)c2ccc(C)cc2)CCCN(S(=O)(=O)c2ccc(C)cc2)CCCN(S(=O)(=O)c2ccc(C)cc2)C1. The number of rotatable bonds is 9. The number of aryl methyl sites for hydroxylation is 3. The van der Waals surface area contributed by atoms with Gasteiger partial charge in [-0.25, -0.2) is 25.3 Å². The van der Waals surface area contributed by atoms with Crippen molar-refractivity contribution in [2.45, 2.75) is 54.7 Å². The standard InChI is InChI=1S/C38H47N3O7S3/c1-30-11-17-35(18-12-30)49(42,43)39-23-7-25-40(50(44,45)36-19-13-31(2)14-20-36)28-33(27-34-9-5-6-10-38(34)48-4)29-41(26-8-24-39)51(46,47)37-21-15-32(3)16-22-37/h5-6,9-22,33H,7-8,23-29H2,1-4H3. The maximum atomic E-state index is 14.3. The molecule has 0 N–H and O–H groups in total. The second kappa shape index (κ2) is 16.4. The molecular weight excluding hydrogens is 707 g/mol. The van der Waals surface area contributed by atoms with E-state index in [-0.39, 0.29) is 66.8 Å². The van der Waals surface area contributed by atoms with Crippen LogP contribution < -0.4 is 4.74 Å². The van der Waals surface area contributed by atoms with E-state index in [0.29, 0.717) is 12.2 Å². The minimum absolute atomic E-state index is 0.00110. The predicted octanol–water partition coefficient (Wildman–Crippen LogP) is 5.65. The summed E-state index contributed by atoms with van der Waals surface area (Å²) in [5, 5.41) is 0. The van der Waals surface area contributed by atoms with Crippen LogP contribution in [0.5, 0.6) is 5.75 Å². The van der Waals surface area contributed by atoms with Crippen LogP contribution >= 0.6 is 0 Å². The molecule has 0 atom stereocenters. The highest BCUT2D eigenvalue weighted by Crippen LogP contribution is 2.28. The highest BCUT2D eigenvalue weighted by molar-refractivity contribution is 7.89. The first kappa shape index (κ1) is 38.6. The van der Waals surface area contributed by atoms with Gasteiger partial charge in [0.2, 0.25) is 30.1 Å². The molecule has 1 saturated heterocycles. The average molecular weight is 754 g/mol. The largest absolute Gasteiger partial charge is 0.496 e. The molecular formula is C38H47N3O7S3. The van der Waals surface area contributed by atoms with Gasteiger partial charge in [0, 0.05) is 39.3 Å². The Morgan fingerprint density at radius 1 is 0.529 bits per heavy atom. The molecule has 0 amide bonds. The van der Waals surface area contributed by atoms with Crippen LogP contribution in [0.3, 0.4) is 0 Å². The lowest BCUT2D eigenvalue weighted by Gasteiger charge is -2.33. The van der Waals surface area contributed by atoms with Gasteiger partial charge in [-0.2, -0.15) is 12.9 Å². The fraction of sp³-hybridized carbons (Fsp3) is 0.368. The van der Waals surface area contributed by atoms with Gasteiger partial charge in [0.1, 0.15) is 5.75 Å². The number of benzene rings is 4. The van der Waals surface area contributed by atoms with E-state index in [1.165, 1.54) is 12.9 Å². The van der Waals surface area contributed by atoms with Crippen LogP contribution in [0.1, 0.15) is 35.1 Å². The summed E-state index contributed by atoms with van der Waals surface area (Å²) in [6.45, 7) is 5.80. The number of para-hydroxylation sites is 1. The van der Waals surface area contributed by atoms with Crippen molar-refractivity contribution in [3.05, 3.63) is 119 Å². The van der Waals surface area contributed by atoms with Crippen molar-refractivity contribution in [3.63, 3.8) is 0 Å². The molecule has 0 unspecified atom stereocenters. The van der Waals surface area contributed by atoms with Gasteiger partial charge in [-0.15, -0.1) is 0 Å². The normalized spacial score (nSPS) is 17.0. The van der Waals surface area contributed by atoms with Gasteiger partial charge < -0.3 is 4.74 Å². The Morgan fingerprint density at radius 3 is 1.27 bits per heavy atom. The summed E-state index contributed by atoms with van der Waals surface area (Å²) in [5.41, 5.74) is 3.56. The zero-order chi connectivity index (χ0) is 36.8. The molecule has 13 heteroatoms. The number of hydrogen-bond acceptors (Lipinski definition) is 7. The lowest BCUT2D eigenvalue weighted by Crippen LogP contribution is -2.45. The highest BCUT2D eigenvalue weighted by Gasteiger charge is 2.34. The molecule has 1 aliphatic heterocycles. The van der Waals surface area contributed by atoms with Crippen LogP contribution in [0.4, 0.5) is 0 Å². The van der Waals surface area contributed by atoms with E-state index in [9.17, 15) is 25.3 Å². The van der Waals surface area contributed by atoms with Crippen molar-refractivity contribution in [1.82, 2.24) is 12.9 Å². The van der Waals surface area contributed by atoms with E-state index in [1.807, 2.05) is 45.0 Å². The van der Waals surface area contributed by atoms with E-state index in [2.05, 4.69) is 0 Å². The van der Waals surface area contributed by atoms with Gasteiger partial charge in [-0.3, -0.25) is 0 Å². The number of hydrogen-bond donors (Lipinski definition) is 0. The van der Waals surface area contributed by atoms with Crippen molar-refractivity contribution in [3.8, 4) is 5.75 Å². The molecule has 0 aromatic heterocycles. The van der Waals surface area contributed by atoms with E-state index in [0.717, 1.165) is 22.3 Å². The van der Waals surface area contributed by atoms with E-state index in [4.69, 9.17) is 4.74 Å². The summed E-state index contributed by atoms with van der Waals surface area (Å²) >= 11 is 0. The second-order valence-electron chi connectivity index (χ2n) is 13.2. The molecule has 4 aromatic rings. The van der Waals surface area contributed by atoms with Crippen LogP contribution in [0.2, 0.25) is 0 Å². The van der Waals surface area contributed by atoms with Gasteiger partial charge in [0.05, 0.1) is 21.8 Å². The molecule has 0 saturated carbocycles. The molecule has 1 aliphatic rings. The summed E-state index contributed by atoms with van der Waals surface area (Å²) in [7, 11) is -10.5. The number of nitrogens with zero attached hydrogens (tertiary/aromatic N) is 3. The predicted molar refractivity (Wildman–Crippen MR) is 199 cm³/mol. The third-order valence-corrected chi connectivity index (χ3v) is 14.9. The lowest BCUT2D eigenvalue weighted by molar-refractivity contribution is 0.258. The average Bonchev–Trinajstić information content (AvgIpc) is 3.09. The maximum Gasteiger partial charge on any atom is 0.243 e. The Hall–Kier alpha value is -3.59. The van der Waals surface area contributed by atoms with E-state index >= 15 is 0 Å². The number of sulfonamides is 3. The number of methoxy groups -OCH3 is 1. The summed E-state index contributed by atoms with van der Waals surface area (Å²) in [4.78, 5) is 0.360. The fourth-order valence-corrected chi connectivity index (χ4v) is 11.0. The van der Waals surface area contributed by atoms with Crippen molar-refractivity contribution in [2.75, 3.05) is 46.4 Å². The first-order valence-electron chi connectivity index (χ1n) is 17.0. The van der Waals surface area contributed by atoms with Gasteiger partial charge in [0.25, 0.3) is 0 Å². The highest BCUT2D eigenvalue weighted by atomic mass is 32.2. The molecule has 0 aliphatic carbocycles. The Morgan fingerprint density at radius 2 is 0.882 bits per heavy atom. The Bertz CT molecular complexity index is 2010. The first-order valence-corrected chi connectivity index (χ1v) is 21.4. The van der Waals surface area contributed by atoms with Crippen molar-refractivity contribution < 1.29 is 30.0 Å². The van der Waals surface area contributed by atoms with Crippen LogP contribution in [0.25, 0.3) is 0 Å².